The van der Waals surface area contributed by atoms with E-state index < -0.39 is 17.8 Å². The van der Waals surface area contributed by atoms with Gasteiger partial charge in [0.25, 0.3) is 0 Å². The van der Waals surface area contributed by atoms with Crippen LogP contribution in [0.25, 0.3) is 5.69 Å². The van der Waals surface area contributed by atoms with Crippen molar-refractivity contribution in [3.8, 4) is 5.69 Å². The van der Waals surface area contributed by atoms with E-state index in [1.54, 1.807) is 0 Å². The lowest BCUT2D eigenvalue weighted by atomic mass is 10.2. The fraction of sp³-hybridized carbons (Fsp3) is 0.250. The molecule has 0 unspecified atom stereocenters. The number of carbonyl (C=O) groups excluding carboxylic acids is 1. The number of tetrazole rings is 1. The number of hydrogen-bond acceptors (Lipinski definition) is 5. The molecule has 0 spiro atoms. The van der Waals surface area contributed by atoms with Crippen LogP contribution in [0, 0.1) is 5.82 Å². The first kappa shape index (κ1) is 15.4. The molecule has 3 N–H and O–H groups in total. The molecule has 10 heteroatoms. The van der Waals surface area contributed by atoms with Crippen LogP contribution in [0.4, 0.5) is 14.9 Å². The number of nitrogens with zero attached hydrogens (tertiary/aromatic N) is 4. The Kier molecular flexibility index (Phi) is 4.96. The van der Waals surface area contributed by atoms with E-state index in [4.69, 9.17) is 5.11 Å². The van der Waals surface area contributed by atoms with Crippen LogP contribution in [0.3, 0.4) is 0 Å². The number of carbonyl (C=O) groups is 2. The number of aromatic nitrogens is 4. The van der Waals surface area contributed by atoms with Gasteiger partial charge in [-0.1, -0.05) is 0 Å². The second kappa shape index (κ2) is 7.11. The van der Waals surface area contributed by atoms with Crippen LogP contribution in [-0.2, 0) is 4.79 Å². The smallest absolute Gasteiger partial charge is 0.319 e. The number of anilines is 1. The maximum absolute atomic E-state index is 13.7. The highest BCUT2D eigenvalue weighted by molar-refractivity contribution is 5.89. The molecule has 0 bridgehead atoms. The van der Waals surface area contributed by atoms with Gasteiger partial charge in [-0.25, -0.2) is 13.9 Å². The summed E-state index contributed by atoms with van der Waals surface area (Å²) >= 11 is 0. The van der Waals surface area contributed by atoms with Gasteiger partial charge in [-0.2, -0.15) is 0 Å². The highest BCUT2D eigenvalue weighted by atomic mass is 19.1. The van der Waals surface area contributed by atoms with E-state index in [1.165, 1.54) is 29.2 Å². The van der Waals surface area contributed by atoms with E-state index in [2.05, 4.69) is 26.2 Å². The molecule has 0 aliphatic carbocycles. The molecule has 1 heterocycles. The Morgan fingerprint density at radius 2 is 2.18 bits per heavy atom. The monoisotopic (exact) mass is 308 g/mol. The zero-order valence-electron chi connectivity index (χ0n) is 11.4. The molecule has 9 nitrogen and oxygen atoms in total. The van der Waals surface area contributed by atoms with Gasteiger partial charge in [0.15, 0.2) is 0 Å². The highest BCUT2D eigenvalue weighted by Crippen LogP contribution is 2.18. The molecule has 1 aromatic heterocycles. The Bertz CT molecular complexity index is 661. The maximum atomic E-state index is 13.7. The SMILES string of the molecule is O=C(O)CCCNC(=O)Nc1cc(-n2cnnn2)ccc1F. The van der Waals surface area contributed by atoms with Crippen LogP contribution < -0.4 is 10.6 Å². The maximum Gasteiger partial charge on any atom is 0.319 e. The number of nitrogens with one attached hydrogen (secondary N) is 2. The van der Waals surface area contributed by atoms with Crippen LogP contribution >= 0.6 is 0 Å². The summed E-state index contributed by atoms with van der Waals surface area (Å²) in [7, 11) is 0. The Labute approximate surface area is 124 Å². The number of aliphatic carboxylic acids is 1. The molecule has 0 fully saturated rings. The van der Waals surface area contributed by atoms with Gasteiger partial charge in [0, 0.05) is 13.0 Å². The average Bonchev–Trinajstić information content (AvgIpc) is 3.00. The molecule has 22 heavy (non-hydrogen) atoms. The molecule has 2 amide bonds. The lowest BCUT2D eigenvalue weighted by Gasteiger charge is -2.09. The molecule has 1 aromatic carbocycles. The van der Waals surface area contributed by atoms with Crippen molar-refractivity contribution in [2.75, 3.05) is 11.9 Å². The average molecular weight is 308 g/mol. The van der Waals surface area contributed by atoms with Crippen molar-refractivity contribution in [3.63, 3.8) is 0 Å². The summed E-state index contributed by atoms with van der Waals surface area (Å²) in [5.74, 6) is -1.56. The third kappa shape index (κ3) is 4.23. The lowest BCUT2D eigenvalue weighted by molar-refractivity contribution is -0.137. The standard InChI is InChI=1S/C12H13FN6O3/c13-9-4-3-8(19-7-15-17-18-19)6-10(9)16-12(22)14-5-1-2-11(20)21/h3-4,6-7H,1-2,5H2,(H,20,21)(H2,14,16,22). The van der Waals surface area contributed by atoms with Crippen molar-refractivity contribution >= 4 is 17.7 Å². The predicted octanol–water partition coefficient (Wildman–Crippen LogP) is 0.788. The normalized spacial score (nSPS) is 10.2. The van der Waals surface area contributed by atoms with Gasteiger partial charge in [0.05, 0.1) is 11.4 Å². The fourth-order valence-corrected chi connectivity index (χ4v) is 1.64. The molecule has 2 aromatic rings. The summed E-state index contributed by atoms with van der Waals surface area (Å²) < 4.78 is 15.0. The quantitative estimate of drug-likeness (QED) is 0.678. The minimum Gasteiger partial charge on any atom is -0.481 e. The van der Waals surface area contributed by atoms with E-state index in [9.17, 15) is 14.0 Å². The molecule has 0 atom stereocenters. The van der Waals surface area contributed by atoms with Crippen LogP contribution in [0.2, 0.25) is 0 Å². The molecule has 0 saturated heterocycles. The van der Waals surface area contributed by atoms with Gasteiger partial charge in [-0.15, -0.1) is 5.10 Å². The molecule has 0 saturated carbocycles. The van der Waals surface area contributed by atoms with E-state index in [0.29, 0.717) is 5.69 Å². The predicted molar refractivity (Wildman–Crippen MR) is 73.0 cm³/mol. The summed E-state index contributed by atoms with van der Waals surface area (Å²) in [6.07, 6.45) is 1.57. The largest absolute Gasteiger partial charge is 0.481 e. The molecule has 2 rings (SSSR count). The van der Waals surface area contributed by atoms with E-state index in [-0.39, 0.29) is 25.1 Å². The number of rotatable bonds is 6. The topological polar surface area (TPSA) is 122 Å². The van der Waals surface area contributed by atoms with Gasteiger partial charge >= 0.3 is 12.0 Å². The number of carboxylic acid groups (broad SMARTS) is 1. The Balaban J connectivity index is 1.95. The van der Waals surface area contributed by atoms with Gasteiger partial charge in [-0.3, -0.25) is 4.79 Å². The second-order valence-electron chi connectivity index (χ2n) is 4.30. The Morgan fingerprint density at radius 1 is 1.36 bits per heavy atom. The van der Waals surface area contributed by atoms with E-state index >= 15 is 0 Å². The van der Waals surface area contributed by atoms with Gasteiger partial charge < -0.3 is 15.7 Å². The lowest BCUT2D eigenvalue weighted by Crippen LogP contribution is -2.30. The number of benzene rings is 1. The van der Waals surface area contributed by atoms with Crippen LogP contribution in [0.15, 0.2) is 24.5 Å². The number of urea groups is 1. The van der Waals surface area contributed by atoms with Gasteiger partial charge in [0.1, 0.15) is 12.1 Å². The molecular formula is C12H13FN6O3. The number of halogens is 1. The van der Waals surface area contributed by atoms with Gasteiger partial charge in [0.2, 0.25) is 0 Å². The molecular weight excluding hydrogens is 295 g/mol. The third-order valence-corrected chi connectivity index (χ3v) is 2.66. The summed E-state index contributed by atoms with van der Waals surface area (Å²) in [5, 5.41) is 23.9. The minimum atomic E-state index is -0.942. The number of amides is 2. The van der Waals surface area contributed by atoms with Crippen molar-refractivity contribution in [1.29, 1.82) is 0 Å². The first-order valence-electron chi connectivity index (χ1n) is 6.36. The van der Waals surface area contributed by atoms with Crippen molar-refractivity contribution < 1.29 is 19.1 Å². The summed E-state index contributed by atoms with van der Waals surface area (Å²) in [6.45, 7) is 0.173. The second-order valence-corrected chi connectivity index (χ2v) is 4.30. The fourth-order valence-electron chi connectivity index (χ4n) is 1.64. The third-order valence-electron chi connectivity index (χ3n) is 2.66. The van der Waals surface area contributed by atoms with Crippen LogP contribution in [0.1, 0.15) is 12.8 Å². The Hall–Kier alpha value is -3.04. The summed E-state index contributed by atoms with van der Waals surface area (Å²) in [5.41, 5.74) is 0.441. The van der Waals surface area contributed by atoms with Crippen molar-refractivity contribution in [1.82, 2.24) is 25.5 Å². The number of hydrogen-bond donors (Lipinski definition) is 3. The first-order valence-corrected chi connectivity index (χ1v) is 6.36. The van der Waals surface area contributed by atoms with Crippen molar-refractivity contribution in [3.05, 3.63) is 30.3 Å². The van der Waals surface area contributed by atoms with E-state index in [1.807, 2.05) is 0 Å². The van der Waals surface area contributed by atoms with E-state index in [0.717, 1.165) is 0 Å². The summed E-state index contributed by atoms with van der Waals surface area (Å²) in [6, 6.07) is 3.39. The zero-order chi connectivity index (χ0) is 15.9. The highest BCUT2D eigenvalue weighted by Gasteiger charge is 2.09. The number of carboxylic acids is 1. The molecule has 0 radical (unpaired) electrons. The zero-order valence-corrected chi connectivity index (χ0v) is 11.4. The molecule has 116 valence electrons. The van der Waals surface area contributed by atoms with Crippen molar-refractivity contribution in [2.24, 2.45) is 0 Å². The molecule has 0 aliphatic rings. The van der Waals surface area contributed by atoms with Crippen molar-refractivity contribution in [2.45, 2.75) is 12.8 Å². The van der Waals surface area contributed by atoms with Crippen LogP contribution in [-0.4, -0.2) is 43.9 Å². The van der Waals surface area contributed by atoms with Crippen LogP contribution in [0.5, 0.6) is 0 Å². The Morgan fingerprint density at radius 3 is 2.86 bits per heavy atom. The van der Waals surface area contributed by atoms with Gasteiger partial charge in [-0.05, 0) is 35.0 Å². The summed E-state index contributed by atoms with van der Waals surface area (Å²) in [4.78, 5) is 22.0. The molecule has 0 aliphatic heterocycles. The first-order chi connectivity index (χ1) is 10.6. The minimum absolute atomic E-state index is 0.0382.